The second-order valence-corrected chi connectivity index (χ2v) is 5.56. The first-order valence-corrected chi connectivity index (χ1v) is 7.90. The van der Waals surface area contributed by atoms with Crippen molar-refractivity contribution in [2.75, 3.05) is 18.5 Å². The molecule has 0 saturated heterocycles. The number of carbonyl (C=O) groups excluding carboxylic acids is 2. The van der Waals surface area contributed by atoms with Crippen LogP contribution in [0.2, 0.25) is 0 Å². The number of hydrogen-bond acceptors (Lipinski definition) is 5. The molecule has 2 N–H and O–H groups in total. The molecule has 0 aliphatic carbocycles. The minimum Gasteiger partial charge on any atom is -0.462 e. The van der Waals surface area contributed by atoms with Crippen LogP contribution in [-0.4, -0.2) is 25.0 Å². The average Bonchev–Trinajstić information content (AvgIpc) is 2.55. The Morgan fingerprint density at radius 2 is 1.96 bits per heavy atom. The Hall–Kier alpha value is -2.81. The predicted molar refractivity (Wildman–Crippen MR) is 92.2 cm³/mol. The van der Waals surface area contributed by atoms with Crippen LogP contribution in [-0.2, 0) is 9.53 Å². The molecule has 1 rings (SSSR count). The summed E-state index contributed by atoms with van der Waals surface area (Å²) in [5.74, 6) is -0.371. The fourth-order valence-electron chi connectivity index (χ4n) is 1.80. The van der Waals surface area contributed by atoms with Crippen molar-refractivity contribution in [3.05, 3.63) is 41.6 Å². The number of nitrogens with zero attached hydrogens (tertiary/aromatic N) is 1. The molecule has 0 unspecified atom stereocenters. The molecule has 0 saturated carbocycles. The van der Waals surface area contributed by atoms with Gasteiger partial charge in [-0.2, -0.15) is 5.26 Å². The lowest BCUT2D eigenvalue weighted by atomic mass is 10.1. The monoisotopic (exact) mass is 329 g/mol. The van der Waals surface area contributed by atoms with Crippen molar-refractivity contribution in [2.24, 2.45) is 5.92 Å². The lowest BCUT2D eigenvalue weighted by Crippen LogP contribution is -2.17. The van der Waals surface area contributed by atoms with E-state index >= 15 is 0 Å². The second-order valence-electron chi connectivity index (χ2n) is 5.56. The van der Waals surface area contributed by atoms with Gasteiger partial charge in [-0.3, -0.25) is 4.79 Å². The van der Waals surface area contributed by atoms with Gasteiger partial charge in [-0.15, -0.1) is 0 Å². The Bertz CT molecular complexity index is 628. The highest BCUT2D eigenvalue weighted by Gasteiger charge is 2.10. The summed E-state index contributed by atoms with van der Waals surface area (Å²) in [5.41, 5.74) is 0.894. The van der Waals surface area contributed by atoms with Crippen LogP contribution in [0.25, 0.3) is 0 Å². The molecule has 0 aliphatic heterocycles. The summed E-state index contributed by atoms with van der Waals surface area (Å²) in [4.78, 5) is 23.6. The van der Waals surface area contributed by atoms with E-state index in [4.69, 9.17) is 10.00 Å². The number of esters is 1. The summed E-state index contributed by atoms with van der Waals surface area (Å²) < 4.78 is 4.89. The highest BCUT2D eigenvalue weighted by atomic mass is 16.5. The van der Waals surface area contributed by atoms with E-state index in [1.807, 2.05) is 6.07 Å². The lowest BCUT2D eigenvalue weighted by molar-refractivity contribution is -0.112. The van der Waals surface area contributed by atoms with Crippen molar-refractivity contribution < 1.29 is 14.3 Å². The topological polar surface area (TPSA) is 91.2 Å². The Kier molecular flexibility index (Phi) is 8.06. The van der Waals surface area contributed by atoms with Gasteiger partial charge in [-0.25, -0.2) is 4.79 Å². The molecule has 0 atom stereocenters. The first-order chi connectivity index (χ1) is 11.5. The molecule has 0 heterocycles. The number of anilines is 1. The van der Waals surface area contributed by atoms with Crippen LogP contribution in [0.5, 0.6) is 0 Å². The van der Waals surface area contributed by atoms with E-state index in [-0.39, 0.29) is 5.57 Å². The smallest absolute Gasteiger partial charge is 0.338 e. The predicted octanol–water partition coefficient (Wildman–Crippen LogP) is 2.84. The number of nitrogens with one attached hydrogen (secondary N) is 2. The summed E-state index contributed by atoms with van der Waals surface area (Å²) in [6, 6.07) is 8.17. The van der Waals surface area contributed by atoms with Gasteiger partial charge in [0.1, 0.15) is 11.6 Å². The van der Waals surface area contributed by atoms with Crippen LogP contribution in [0.15, 0.2) is 36.0 Å². The van der Waals surface area contributed by atoms with Gasteiger partial charge in [0.25, 0.3) is 5.91 Å². The Morgan fingerprint density at radius 3 is 2.50 bits per heavy atom. The third kappa shape index (κ3) is 6.53. The van der Waals surface area contributed by atoms with Crippen LogP contribution >= 0.6 is 0 Å². The molecule has 0 bridgehead atoms. The van der Waals surface area contributed by atoms with Gasteiger partial charge in [0, 0.05) is 18.4 Å². The SMILES string of the molecule is CCOC(=O)c1ccc(NC(=O)/C(C#N)=C\NCCC(C)C)cc1. The van der Waals surface area contributed by atoms with Gasteiger partial charge in [0.2, 0.25) is 0 Å². The number of benzene rings is 1. The van der Waals surface area contributed by atoms with Gasteiger partial charge in [0.05, 0.1) is 12.2 Å². The third-order valence-electron chi connectivity index (χ3n) is 3.13. The number of carbonyl (C=O) groups is 2. The highest BCUT2D eigenvalue weighted by molar-refractivity contribution is 6.06. The molecule has 128 valence electrons. The van der Waals surface area contributed by atoms with E-state index in [0.29, 0.717) is 30.3 Å². The molecular weight excluding hydrogens is 306 g/mol. The Labute approximate surface area is 142 Å². The molecule has 6 heteroatoms. The van der Waals surface area contributed by atoms with Gasteiger partial charge < -0.3 is 15.4 Å². The van der Waals surface area contributed by atoms with Crippen LogP contribution < -0.4 is 10.6 Å². The van der Waals surface area contributed by atoms with E-state index in [0.717, 1.165) is 6.42 Å². The molecule has 0 spiro atoms. The van der Waals surface area contributed by atoms with Gasteiger partial charge in [0.15, 0.2) is 0 Å². The standard InChI is InChI=1S/C18H23N3O3/c1-4-24-18(23)14-5-7-16(8-6-14)21-17(22)15(11-19)12-20-10-9-13(2)3/h5-8,12-13,20H,4,9-10H2,1-3H3,(H,21,22)/b15-12-. The molecule has 6 nitrogen and oxygen atoms in total. The minimum absolute atomic E-state index is 0.00627. The zero-order valence-electron chi connectivity index (χ0n) is 14.3. The summed E-state index contributed by atoms with van der Waals surface area (Å²) in [6.45, 7) is 6.94. The maximum atomic E-state index is 12.1. The fraction of sp³-hybridized carbons (Fsp3) is 0.389. The molecular formula is C18H23N3O3. The minimum atomic E-state index is -0.501. The van der Waals surface area contributed by atoms with Crippen molar-refractivity contribution in [1.82, 2.24) is 5.32 Å². The van der Waals surface area contributed by atoms with Crippen LogP contribution in [0.1, 0.15) is 37.6 Å². The largest absolute Gasteiger partial charge is 0.462 e. The molecule has 0 fully saturated rings. The Balaban J connectivity index is 2.63. The zero-order chi connectivity index (χ0) is 17.9. The van der Waals surface area contributed by atoms with E-state index in [1.165, 1.54) is 6.20 Å². The number of rotatable bonds is 8. The lowest BCUT2D eigenvalue weighted by Gasteiger charge is -2.07. The molecule has 24 heavy (non-hydrogen) atoms. The summed E-state index contributed by atoms with van der Waals surface area (Å²) >= 11 is 0. The number of amides is 1. The molecule has 1 aromatic carbocycles. The summed E-state index contributed by atoms with van der Waals surface area (Å²) in [7, 11) is 0. The summed E-state index contributed by atoms with van der Waals surface area (Å²) in [5, 5.41) is 14.7. The van der Waals surface area contributed by atoms with Crippen molar-refractivity contribution >= 4 is 17.6 Å². The van der Waals surface area contributed by atoms with Gasteiger partial charge in [-0.1, -0.05) is 13.8 Å². The fourth-order valence-corrected chi connectivity index (χ4v) is 1.80. The maximum absolute atomic E-state index is 12.1. The van der Waals surface area contributed by atoms with Crippen molar-refractivity contribution in [1.29, 1.82) is 5.26 Å². The van der Waals surface area contributed by atoms with Gasteiger partial charge >= 0.3 is 5.97 Å². The maximum Gasteiger partial charge on any atom is 0.338 e. The zero-order valence-corrected chi connectivity index (χ0v) is 14.3. The second kappa shape index (κ2) is 10.1. The molecule has 1 amide bonds. The first kappa shape index (κ1) is 19.2. The van der Waals surface area contributed by atoms with Crippen LogP contribution in [0, 0.1) is 17.2 Å². The number of hydrogen-bond donors (Lipinski definition) is 2. The Morgan fingerprint density at radius 1 is 1.29 bits per heavy atom. The van der Waals surface area contributed by atoms with E-state index in [2.05, 4.69) is 24.5 Å². The van der Waals surface area contributed by atoms with Crippen LogP contribution in [0.4, 0.5) is 5.69 Å². The van der Waals surface area contributed by atoms with E-state index in [1.54, 1.807) is 31.2 Å². The number of nitriles is 1. The van der Waals surface area contributed by atoms with E-state index < -0.39 is 11.9 Å². The normalized spacial score (nSPS) is 10.9. The van der Waals surface area contributed by atoms with Crippen molar-refractivity contribution in [3.8, 4) is 6.07 Å². The van der Waals surface area contributed by atoms with Crippen LogP contribution in [0.3, 0.4) is 0 Å². The molecule has 0 radical (unpaired) electrons. The molecule has 0 aliphatic rings. The average molecular weight is 329 g/mol. The summed E-state index contributed by atoms with van der Waals surface area (Å²) in [6.07, 6.45) is 2.37. The third-order valence-corrected chi connectivity index (χ3v) is 3.13. The highest BCUT2D eigenvalue weighted by Crippen LogP contribution is 2.11. The van der Waals surface area contributed by atoms with E-state index in [9.17, 15) is 9.59 Å². The van der Waals surface area contributed by atoms with Gasteiger partial charge in [-0.05, 0) is 43.5 Å². The quantitative estimate of drug-likeness (QED) is 0.331. The first-order valence-electron chi connectivity index (χ1n) is 7.90. The molecule has 0 aromatic heterocycles. The molecule has 1 aromatic rings. The van der Waals surface area contributed by atoms with Crippen molar-refractivity contribution in [3.63, 3.8) is 0 Å². The van der Waals surface area contributed by atoms with Crippen molar-refractivity contribution in [2.45, 2.75) is 27.2 Å². The number of ether oxygens (including phenoxy) is 1.